The van der Waals surface area contributed by atoms with Gasteiger partial charge in [0.15, 0.2) is 0 Å². The molecule has 136 valence electrons. The van der Waals surface area contributed by atoms with Gasteiger partial charge in [0.1, 0.15) is 9.96 Å². The van der Waals surface area contributed by atoms with Crippen LogP contribution in [-0.4, -0.2) is 28.6 Å². The van der Waals surface area contributed by atoms with Gasteiger partial charge >= 0.3 is 0 Å². The minimum atomic E-state index is -3.69. The number of hydrogen-bond acceptors (Lipinski definition) is 7. The maximum Gasteiger partial charge on any atom is 0.247 e. The normalized spacial score (nSPS) is 17.4. The van der Waals surface area contributed by atoms with Crippen LogP contribution in [0.2, 0.25) is 0 Å². The van der Waals surface area contributed by atoms with E-state index in [0.29, 0.717) is 0 Å². The summed E-state index contributed by atoms with van der Waals surface area (Å²) in [5, 5.41) is 8.83. The molecule has 0 saturated carbocycles. The van der Waals surface area contributed by atoms with Crippen molar-refractivity contribution >= 4 is 39.0 Å². The van der Waals surface area contributed by atoms with Gasteiger partial charge in [0.05, 0.1) is 25.4 Å². The smallest absolute Gasteiger partial charge is 0.247 e. The highest BCUT2D eigenvalue weighted by molar-refractivity contribution is 8.01. The van der Waals surface area contributed by atoms with Crippen LogP contribution in [0.25, 0.3) is 0 Å². The lowest BCUT2D eigenvalue weighted by Gasteiger charge is -2.33. The van der Waals surface area contributed by atoms with Crippen LogP contribution in [0.4, 0.5) is 5.69 Å². The average Bonchev–Trinajstić information content (AvgIpc) is 3.04. The molecule has 25 heavy (non-hydrogen) atoms. The number of ether oxygens (including phenoxy) is 1. The van der Waals surface area contributed by atoms with Gasteiger partial charge in [-0.2, -0.15) is 0 Å². The van der Waals surface area contributed by atoms with Gasteiger partial charge in [0.25, 0.3) is 0 Å². The molecule has 0 aliphatic carbocycles. The molecule has 9 heteroatoms. The van der Waals surface area contributed by atoms with Crippen LogP contribution < -0.4 is 19.5 Å². The number of anilines is 1. The number of hydrogen-bond donors (Lipinski definition) is 2. The molecule has 0 saturated heterocycles. The fourth-order valence-corrected chi connectivity index (χ4v) is 5.96. The summed E-state index contributed by atoms with van der Waals surface area (Å²) in [6.45, 7) is 3.70. The number of sulfonamides is 1. The Labute approximate surface area is 156 Å². The zero-order valence-electron chi connectivity index (χ0n) is 14.1. The Kier molecular flexibility index (Phi) is 5.59. The predicted octanol–water partition coefficient (Wildman–Crippen LogP) is 2.97. The van der Waals surface area contributed by atoms with E-state index >= 15 is 0 Å². The summed E-state index contributed by atoms with van der Waals surface area (Å²) in [5.41, 5.74) is 1.02. The molecule has 1 aromatic heterocycles. The van der Waals surface area contributed by atoms with E-state index in [1.807, 2.05) is 24.3 Å². The molecule has 0 radical (unpaired) electrons. The summed E-state index contributed by atoms with van der Waals surface area (Å²) >= 11 is 2.79. The van der Waals surface area contributed by atoms with Gasteiger partial charge in [-0.3, -0.25) is 0 Å². The summed E-state index contributed by atoms with van der Waals surface area (Å²) in [7, 11) is -2.05. The number of benzene rings is 1. The maximum atomic E-state index is 11.7. The number of nitrogens with zero attached hydrogens (tertiary/aromatic N) is 1. The highest BCUT2D eigenvalue weighted by Gasteiger charge is 2.30. The molecule has 2 heterocycles. The maximum absolute atomic E-state index is 11.7. The molecule has 0 fully saturated rings. The molecule has 1 aliphatic heterocycles. The fourth-order valence-electron chi connectivity index (χ4n) is 2.62. The first-order chi connectivity index (χ1) is 11.9. The van der Waals surface area contributed by atoms with Gasteiger partial charge in [0, 0.05) is 15.8 Å². The monoisotopic (exact) mass is 399 g/mol. The zero-order valence-corrected chi connectivity index (χ0v) is 16.5. The van der Waals surface area contributed by atoms with Gasteiger partial charge in [-0.05, 0) is 43.1 Å². The second kappa shape index (κ2) is 7.55. The van der Waals surface area contributed by atoms with Gasteiger partial charge < -0.3 is 14.4 Å². The molecule has 1 atom stereocenters. The standard InChI is InChI=1S/C16H21N3O3S3/c1-3-7-18-13-10-19(11-5-4-6-12(8-11)22-2)24-14-9-15(23-16(13)14)25(17,20)21/h4-6,8-9,13,18H,3,7,10H2,1-2H3,(H2,17,20,21)/t13-/m1/s1. The molecule has 3 rings (SSSR count). The molecular formula is C16H21N3O3S3. The van der Waals surface area contributed by atoms with Crippen LogP contribution in [0, 0.1) is 0 Å². The number of nitrogens with one attached hydrogen (secondary N) is 1. The van der Waals surface area contributed by atoms with Crippen LogP contribution in [-0.2, 0) is 10.0 Å². The van der Waals surface area contributed by atoms with E-state index in [4.69, 9.17) is 9.88 Å². The Hall–Kier alpha value is -1.26. The Bertz CT molecular complexity index is 851. The van der Waals surface area contributed by atoms with Crippen molar-refractivity contribution in [1.82, 2.24) is 5.32 Å². The Morgan fingerprint density at radius 2 is 2.20 bits per heavy atom. The summed E-state index contributed by atoms with van der Waals surface area (Å²) in [6, 6.07) is 9.57. The summed E-state index contributed by atoms with van der Waals surface area (Å²) in [4.78, 5) is 1.96. The van der Waals surface area contributed by atoms with Crippen LogP contribution >= 0.6 is 23.3 Å². The third-order valence-electron chi connectivity index (χ3n) is 3.84. The number of primary sulfonamides is 1. The second-order valence-electron chi connectivity index (χ2n) is 5.70. The Balaban J connectivity index is 1.96. The van der Waals surface area contributed by atoms with E-state index in [2.05, 4.69) is 16.5 Å². The minimum Gasteiger partial charge on any atom is -0.497 e. The molecule has 6 nitrogen and oxygen atoms in total. The van der Waals surface area contributed by atoms with Gasteiger partial charge in [-0.15, -0.1) is 11.3 Å². The van der Waals surface area contributed by atoms with Crippen molar-refractivity contribution in [1.29, 1.82) is 0 Å². The van der Waals surface area contributed by atoms with E-state index < -0.39 is 10.0 Å². The van der Waals surface area contributed by atoms with Crippen molar-refractivity contribution in [3.63, 3.8) is 0 Å². The summed E-state index contributed by atoms with van der Waals surface area (Å²) < 4.78 is 31.1. The van der Waals surface area contributed by atoms with Crippen LogP contribution in [0.5, 0.6) is 5.75 Å². The Morgan fingerprint density at radius 3 is 2.88 bits per heavy atom. The predicted molar refractivity (Wildman–Crippen MR) is 103 cm³/mol. The SMILES string of the molecule is CCCN[C@@H]1CN(c2cccc(OC)c2)Sc2cc(S(N)(=O)=O)sc21. The molecular weight excluding hydrogens is 378 g/mol. The fraction of sp³-hybridized carbons (Fsp3) is 0.375. The van der Waals surface area contributed by atoms with Crippen molar-refractivity contribution in [3.8, 4) is 5.75 Å². The quantitative estimate of drug-likeness (QED) is 0.727. The van der Waals surface area contributed by atoms with Gasteiger partial charge in [0.2, 0.25) is 10.0 Å². The molecule has 3 N–H and O–H groups in total. The zero-order chi connectivity index (χ0) is 18.0. The van der Waals surface area contributed by atoms with E-state index in [-0.39, 0.29) is 10.3 Å². The number of thiophene rings is 1. The molecule has 0 bridgehead atoms. The first kappa shape index (κ1) is 18.5. The van der Waals surface area contributed by atoms with Crippen molar-refractivity contribution < 1.29 is 13.2 Å². The Morgan fingerprint density at radius 1 is 1.40 bits per heavy atom. The number of methoxy groups -OCH3 is 1. The number of rotatable bonds is 6. The molecule has 1 aliphatic rings. The van der Waals surface area contributed by atoms with Crippen LogP contribution in [0.3, 0.4) is 0 Å². The van der Waals surface area contributed by atoms with E-state index in [1.54, 1.807) is 13.2 Å². The van der Waals surface area contributed by atoms with Crippen LogP contribution in [0.15, 0.2) is 39.4 Å². The highest BCUT2D eigenvalue weighted by atomic mass is 32.2. The lowest BCUT2D eigenvalue weighted by Crippen LogP contribution is -2.34. The second-order valence-corrected chi connectivity index (χ2v) is 9.63. The van der Waals surface area contributed by atoms with Crippen molar-refractivity contribution in [2.24, 2.45) is 5.14 Å². The largest absolute Gasteiger partial charge is 0.497 e. The van der Waals surface area contributed by atoms with E-state index in [9.17, 15) is 8.42 Å². The first-order valence-electron chi connectivity index (χ1n) is 7.92. The number of nitrogens with two attached hydrogens (primary N) is 1. The van der Waals surface area contributed by atoms with Crippen molar-refractivity contribution in [2.45, 2.75) is 28.5 Å². The lowest BCUT2D eigenvalue weighted by atomic mass is 10.2. The minimum absolute atomic E-state index is 0.0582. The van der Waals surface area contributed by atoms with Crippen molar-refractivity contribution in [3.05, 3.63) is 35.2 Å². The molecule has 2 aromatic rings. The van der Waals surface area contributed by atoms with Crippen molar-refractivity contribution in [2.75, 3.05) is 24.5 Å². The van der Waals surface area contributed by atoms with E-state index in [1.165, 1.54) is 23.3 Å². The molecule has 0 unspecified atom stereocenters. The first-order valence-corrected chi connectivity index (χ1v) is 11.1. The summed E-state index contributed by atoms with van der Waals surface area (Å²) in [5.74, 6) is 0.789. The third-order valence-corrected chi connectivity index (χ3v) is 7.75. The van der Waals surface area contributed by atoms with E-state index in [0.717, 1.165) is 40.7 Å². The van der Waals surface area contributed by atoms with Gasteiger partial charge in [-0.1, -0.05) is 13.0 Å². The average molecular weight is 400 g/mol. The molecule has 0 amide bonds. The van der Waals surface area contributed by atoms with Crippen LogP contribution in [0.1, 0.15) is 24.3 Å². The molecule has 0 spiro atoms. The highest BCUT2D eigenvalue weighted by Crippen LogP contribution is 2.45. The molecule has 1 aromatic carbocycles. The number of fused-ring (bicyclic) bond motifs is 1. The lowest BCUT2D eigenvalue weighted by molar-refractivity contribution is 0.415. The summed E-state index contributed by atoms with van der Waals surface area (Å²) in [6.07, 6.45) is 1.01. The third kappa shape index (κ3) is 4.12. The van der Waals surface area contributed by atoms with Gasteiger partial charge in [-0.25, -0.2) is 13.6 Å². The topological polar surface area (TPSA) is 84.7 Å².